The highest BCUT2D eigenvalue weighted by atomic mass is 16.3. The van der Waals surface area contributed by atoms with Crippen LogP contribution >= 0.6 is 0 Å². The molecule has 0 saturated heterocycles. The van der Waals surface area contributed by atoms with Crippen LogP contribution in [0.5, 0.6) is 5.75 Å². The molecule has 1 atom stereocenters. The summed E-state index contributed by atoms with van der Waals surface area (Å²) >= 11 is 0. The summed E-state index contributed by atoms with van der Waals surface area (Å²) in [6.07, 6.45) is 0.282. The number of aromatic hydroxyl groups is 1. The molecule has 0 spiro atoms. The van der Waals surface area contributed by atoms with E-state index in [4.69, 9.17) is 4.42 Å². The highest BCUT2D eigenvalue weighted by molar-refractivity contribution is 5.78. The molecule has 4 nitrogen and oxygen atoms in total. The lowest BCUT2D eigenvalue weighted by atomic mass is 10.1. The van der Waals surface area contributed by atoms with Gasteiger partial charge in [0.25, 0.3) is 0 Å². The molecule has 1 aromatic heterocycles. The van der Waals surface area contributed by atoms with Gasteiger partial charge in [0.1, 0.15) is 17.3 Å². The zero-order valence-electron chi connectivity index (χ0n) is 11.0. The van der Waals surface area contributed by atoms with Crippen LogP contribution in [0.2, 0.25) is 0 Å². The number of carbonyl (C=O) groups is 1. The van der Waals surface area contributed by atoms with Crippen molar-refractivity contribution in [2.75, 3.05) is 0 Å². The summed E-state index contributed by atoms with van der Waals surface area (Å²) in [6, 6.07) is 10.2. The molecule has 0 saturated carbocycles. The Morgan fingerprint density at radius 2 is 1.95 bits per heavy atom. The Balaban J connectivity index is 1.92. The van der Waals surface area contributed by atoms with Gasteiger partial charge in [-0.15, -0.1) is 0 Å². The number of phenolic OH excluding ortho intramolecular Hbond substituents is 1. The standard InChI is InChI=1S/C15H17NO3/c1-10-3-8-14(19-10)11(2)16-15(18)9-12-4-6-13(17)7-5-12/h3-8,11,17H,9H2,1-2H3,(H,16,18). The first kappa shape index (κ1) is 13.2. The number of benzene rings is 1. The van der Waals surface area contributed by atoms with Crippen molar-refractivity contribution < 1.29 is 14.3 Å². The Hall–Kier alpha value is -2.23. The maximum atomic E-state index is 11.9. The molecule has 4 heteroatoms. The fourth-order valence-corrected chi connectivity index (χ4v) is 1.85. The molecular formula is C15H17NO3. The Labute approximate surface area is 112 Å². The molecule has 19 heavy (non-hydrogen) atoms. The zero-order chi connectivity index (χ0) is 13.8. The van der Waals surface area contributed by atoms with Crippen LogP contribution in [-0.4, -0.2) is 11.0 Å². The molecule has 0 fully saturated rings. The Bertz CT molecular complexity index is 557. The average molecular weight is 259 g/mol. The molecule has 0 aliphatic heterocycles. The maximum Gasteiger partial charge on any atom is 0.224 e. The van der Waals surface area contributed by atoms with E-state index in [1.807, 2.05) is 26.0 Å². The quantitative estimate of drug-likeness (QED) is 0.887. The van der Waals surface area contributed by atoms with Gasteiger partial charge in [-0.25, -0.2) is 0 Å². The number of aryl methyl sites for hydroxylation is 1. The van der Waals surface area contributed by atoms with Crippen LogP contribution in [0.4, 0.5) is 0 Å². The van der Waals surface area contributed by atoms with Crippen molar-refractivity contribution in [1.82, 2.24) is 5.32 Å². The molecule has 100 valence electrons. The van der Waals surface area contributed by atoms with E-state index in [1.54, 1.807) is 24.3 Å². The van der Waals surface area contributed by atoms with Gasteiger partial charge in [-0.1, -0.05) is 12.1 Å². The molecule has 0 bridgehead atoms. The predicted molar refractivity (Wildman–Crippen MR) is 71.8 cm³/mol. The highest BCUT2D eigenvalue weighted by Crippen LogP contribution is 2.16. The molecule has 1 heterocycles. The van der Waals surface area contributed by atoms with Crippen LogP contribution < -0.4 is 5.32 Å². The fourth-order valence-electron chi connectivity index (χ4n) is 1.85. The molecule has 1 aromatic carbocycles. The van der Waals surface area contributed by atoms with Crippen molar-refractivity contribution in [2.24, 2.45) is 0 Å². The molecule has 0 aliphatic rings. The van der Waals surface area contributed by atoms with E-state index in [0.29, 0.717) is 0 Å². The Kier molecular flexibility index (Phi) is 3.90. The molecule has 2 rings (SSSR count). The van der Waals surface area contributed by atoms with E-state index in [9.17, 15) is 9.90 Å². The number of carbonyl (C=O) groups excluding carboxylic acids is 1. The molecule has 0 radical (unpaired) electrons. The topological polar surface area (TPSA) is 62.5 Å². The monoisotopic (exact) mass is 259 g/mol. The SMILES string of the molecule is Cc1ccc(C(C)NC(=O)Cc2ccc(O)cc2)o1. The van der Waals surface area contributed by atoms with E-state index in [0.717, 1.165) is 17.1 Å². The number of amides is 1. The minimum atomic E-state index is -0.154. The summed E-state index contributed by atoms with van der Waals surface area (Å²) in [5, 5.41) is 12.1. The maximum absolute atomic E-state index is 11.9. The van der Waals surface area contributed by atoms with Gasteiger partial charge in [0, 0.05) is 0 Å². The Morgan fingerprint density at radius 1 is 1.26 bits per heavy atom. The van der Waals surface area contributed by atoms with Gasteiger partial charge in [0.05, 0.1) is 12.5 Å². The summed E-state index contributed by atoms with van der Waals surface area (Å²) in [4.78, 5) is 11.9. The van der Waals surface area contributed by atoms with Crippen molar-refractivity contribution in [3.8, 4) is 5.75 Å². The van der Waals surface area contributed by atoms with Gasteiger partial charge >= 0.3 is 0 Å². The van der Waals surface area contributed by atoms with Gasteiger partial charge in [-0.2, -0.15) is 0 Å². The summed E-state index contributed by atoms with van der Waals surface area (Å²) in [5.41, 5.74) is 0.859. The van der Waals surface area contributed by atoms with Crippen molar-refractivity contribution >= 4 is 5.91 Å². The lowest BCUT2D eigenvalue weighted by Crippen LogP contribution is -2.27. The minimum Gasteiger partial charge on any atom is -0.508 e. The minimum absolute atomic E-state index is 0.0766. The third-order valence-corrected chi connectivity index (χ3v) is 2.87. The average Bonchev–Trinajstić information content (AvgIpc) is 2.79. The second-order valence-corrected chi connectivity index (χ2v) is 4.58. The van der Waals surface area contributed by atoms with Crippen molar-refractivity contribution in [3.63, 3.8) is 0 Å². The first-order valence-corrected chi connectivity index (χ1v) is 6.18. The van der Waals surface area contributed by atoms with E-state index < -0.39 is 0 Å². The molecule has 0 aliphatic carbocycles. The first-order chi connectivity index (χ1) is 9.04. The second kappa shape index (κ2) is 5.61. The van der Waals surface area contributed by atoms with Gasteiger partial charge in [-0.05, 0) is 43.7 Å². The van der Waals surface area contributed by atoms with Gasteiger partial charge < -0.3 is 14.8 Å². The van der Waals surface area contributed by atoms with Crippen LogP contribution in [-0.2, 0) is 11.2 Å². The molecular weight excluding hydrogens is 242 g/mol. The third kappa shape index (κ3) is 3.61. The number of furan rings is 1. The number of nitrogens with one attached hydrogen (secondary N) is 1. The van der Waals surface area contributed by atoms with Crippen molar-refractivity contribution in [2.45, 2.75) is 26.3 Å². The van der Waals surface area contributed by atoms with Crippen LogP contribution in [0, 0.1) is 6.92 Å². The van der Waals surface area contributed by atoms with Crippen LogP contribution in [0.25, 0.3) is 0 Å². The predicted octanol–water partition coefficient (Wildman–Crippen LogP) is 2.71. The number of hydrogen-bond donors (Lipinski definition) is 2. The van der Waals surface area contributed by atoms with Crippen molar-refractivity contribution in [3.05, 3.63) is 53.5 Å². The fraction of sp³-hybridized carbons (Fsp3) is 0.267. The summed E-state index contributed by atoms with van der Waals surface area (Å²) in [5.74, 6) is 1.70. The van der Waals surface area contributed by atoms with E-state index in [2.05, 4.69) is 5.32 Å². The van der Waals surface area contributed by atoms with Gasteiger partial charge in [-0.3, -0.25) is 4.79 Å². The van der Waals surface area contributed by atoms with Crippen LogP contribution in [0.1, 0.15) is 30.0 Å². The lowest BCUT2D eigenvalue weighted by Gasteiger charge is -2.11. The number of hydrogen-bond acceptors (Lipinski definition) is 3. The highest BCUT2D eigenvalue weighted by Gasteiger charge is 2.12. The Morgan fingerprint density at radius 3 is 2.53 bits per heavy atom. The first-order valence-electron chi connectivity index (χ1n) is 6.18. The van der Waals surface area contributed by atoms with Crippen LogP contribution in [0.15, 0.2) is 40.8 Å². The second-order valence-electron chi connectivity index (χ2n) is 4.58. The summed E-state index contributed by atoms with van der Waals surface area (Å²) in [7, 11) is 0. The molecule has 2 N–H and O–H groups in total. The number of rotatable bonds is 4. The van der Waals surface area contributed by atoms with E-state index >= 15 is 0 Å². The molecule has 1 amide bonds. The normalized spacial score (nSPS) is 12.1. The molecule has 1 unspecified atom stereocenters. The largest absolute Gasteiger partial charge is 0.508 e. The van der Waals surface area contributed by atoms with Gasteiger partial charge in [0.15, 0.2) is 0 Å². The summed E-state index contributed by atoms with van der Waals surface area (Å²) in [6.45, 7) is 3.75. The smallest absolute Gasteiger partial charge is 0.224 e. The van der Waals surface area contributed by atoms with Crippen molar-refractivity contribution in [1.29, 1.82) is 0 Å². The van der Waals surface area contributed by atoms with Crippen LogP contribution in [0.3, 0.4) is 0 Å². The van der Waals surface area contributed by atoms with E-state index in [-0.39, 0.29) is 24.1 Å². The third-order valence-electron chi connectivity index (χ3n) is 2.87. The van der Waals surface area contributed by atoms with Gasteiger partial charge in [0.2, 0.25) is 5.91 Å². The number of phenols is 1. The summed E-state index contributed by atoms with van der Waals surface area (Å²) < 4.78 is 5.46. The lowest BCUT2D eigenvalue weighted by molar-refractivity contribution is -0.121. The van der Waals surface area contributed by atoms with E-state index in [1.165, 1.54) is 0 Å². The zero-order valence-corrected chi connectivity index (χ0v) is 11.0. The molecule has 2 aromatic rings.